The zero-order valence-corrected chi connectivity index (χ0v) is 10.9. The summed E-state index contributed by atoms with van der Waals surface area (Å²) in [5.74, 6) is 0.672. The molecular weight excluding hydrogens is 280 g/mol. The molecule has 0 saturated carbocycles. The van der Waals surface area contributed by atoms with Gasteiger partial charge in [-0.2, -0.15) is 0 Å². The molecule has 2 aromatic rings. The molecule has 0 spiro atoms. The molecule has 17 heavy (non-hydrogen) atoms. The number of fused-ring (bicyclic) bond motifs is 1. The van der Waals surface area contributed by atoms with E-state index in [4.69, 9.17) is 4.42 Å². The standard InChI is InChI=1S/C14H13BrO2/c15-12-4-3-11-9-14(16,6-5-10(11)8-12)13-2-1-7-17-13/h1-4,7-8,16H,5-6,9H2. The van der Waals surface area contributed by atoms with Gasteiger partial charge in [-0.05, 0) is 48.2 Å². The van der Waals surface area contributed by atoms with Crippen LogP contribution < -0.4 is 0 Å². The number of hydrogen-bond donors (Lipinski definition) is 1. The molecule has 0 amide bonds. The summed E-state index contributed by atoms with van der Waals surface area (Å²) in [5, 5.41) is 10.6. The fraction of sp³-hybridized carbons (Fsp3) is 0.286. The predicted molar refractivity (Wildman–Crippen MR) is 68.8 cm³/mol. The van der Waals surface area contributed by atoms with E-state index < -0.39 is 5.60 Å². The molecule has 1 unspecified atom stereocenters. The highest BCUT2D eigenvalue weighted by molar-refractivity contribution is 9.10. The van der Waals surface area contributed by atoms with Crippen molar-refractivity contribution in [1.29, 1.82) is 0 Å². The normalized spacial score (nSPS) is 23.4. The molecule has 88 valence electrons. The van der Waals surface area contributed by atoms with E-state index in [0.29, 0.717) is 18.6 Å². The third kappa shape index (κ3) is 1.94. The van der Waals surface area contributed by atoms with Gasteiger partial charge in [-0.3, -0.25) is 0 Å². The quantitative estimate of drug-likeness (QED) is 0.874. The molecule has 0 bridgehead atoms. The molecule has 1 N–H and O–H groups in total. The summed E-state index contributed by atoms with van der Waals surface area (Å²) in [6, 6.07) is 9.91. The van der Waals surface area contributed by atoms with Crippen LogP contribution in [0.5, 0.6) is 0 Å². The Labute approximate surface area is 108 Å². The lowest BCUT2D eigenvalue weighted by atomic mass is 9.79. The van der Waals surface area contributed by atoms with Crippen molar-refractivity contribution in [3.8, 4) is 0 Å². The van der Waals surface area contributed by atoms with Crippen LogP contribution in [0, 0.1) is 0 Å². The van der Waals surface area contributed by atoms with E-state index in [1.807, 2.05) is 18.2 Å². The topological polar surface area (TPSA) is 33.4 Å². The molecule has 0 aliphatic heterocycles. The molecule has 2 nitrogen and oxygen atoms in total. The lowest BCUT2D eigenvalue weighted by molar-refractivity contribution is 0.00128. The maximum Gasteiger partial charge on any atom is 0.135 e. The number of furan rings is 1. The smallest absolute Gasteiger partial charge is 0.135 e. The zero-order chi connectivity index (χ0) is 11.9. The molecule has 3 rings (SSSR count). The molecule has 1 atom stereocenters. The third-order valence-corrected chi connectivity index (χ3v) is 3.93. The van der Waals surface area contributed by atoms with Gasteiger partial charge in [0.15, 0.2) is 0 Å². The predicted octanol–water partition coefficient (Wildman–Crippen LogP) is 3.42. The first kappa shape index (κ1) is 11.1. The monoisotopic (exact) mass is 292 g/mol. The van der Waals surface area contributed by atoms with Crippen LogP contribution in [0.4, 0.5) is 0 Å². The first-order valence-corrected chi connectivity index (χ1v) is 6.50. The Morgan fingerprint density at radius 2 is 2.12 bits per heavy atom. The van der Waals surface area contributed by atoms with E-state index in [9.17, 15) is 5.11 Å². The average molecular weight is 293 g/mol. The molecule has 0 radical (unpaired) electrons. The minimum atomic E-state index is -0.843. The summed E-state index contributed by atoms with van der Waals surface area (Å²) in [5.41, 5.74) is 1.68. The number of aryl methyl sites for hydroxylation is 1. The van der Waals surface area contributed by atoms with E-state index in [-0.39, 0.29) is 0 Å². The molecule has 3 heteroatoms. The number of rotatable bonds is 1. The van der Waals surface area contributed by atoms with Gasteiger partial charge < -0.3 is 9.52 Å². The molecule has 1 aromatic heterocycles. The lowest BCUT2D eigenvalue weighted by Gasteiger charge is -2.31. The Kier molecular flexibility index (Phi) is 2.60. The highest BCUT2D eigenvalue weighted by atomic mass is 79.9. The van der Waals surface area contributed by atoms with Crippen LogP contribution in [0.1, 0.15) is 23.3 Å². The van der Waals surface area contributed by atoms with E-state index in [1.54, 1.807) is 6.26 Å². The van der Waals surface area contributed by atoms with Gasteiger partial charge in [-0.25, -0.2) is 0 Å². The van der Waals surface area contributed by atoms with Gasteiger partial charge in [0.25, 0.3) is 0 Å². The molecule has 0 saturated heterocycles. The second kappa shape index (κ2) is 4.00. The first-order chi connectivity index (χ1) is 8.17. The summed E-state index contributed by atoms with van der Waals surface area (Å²) >= 11 is 3.48. The van der Waals surface area contributed by atoms with E-state index in [1.165, 1.54) is 11.1 Å². The third-order valence-electron chi connectivity index (χ3n) is 3.44. The van der Waals surface area contributed by atoms with Gasteiger partial charge in [0, 0.05) is 10.9 Å². The van der Waals surface area contributed by atoms with E-state index >= 15 is 0 Å². The van der Waals surface area contributed by atoms with Crippen molar-refractivity contribution in [2.45, 2.75) is 24.9 Å². The number of halogens is 1. The zero-order valence-electron chi connectivity index (χ0n) is 9.32. The highest BCUT2D eigenvalue weighted by Gasteiger charge is 2.36. The second-order valence-electron chi connectivity index (χ2n) is 4.60. The first-order valence-electron chi connectivity index (χ1n) is 5.71. The Bertz CT molecular complexity index is 533. The maximum atomic E-state index is 10.6. The summed E-state index contributed by atoms with van der Waals surface area (Å²) < 4.78 is 6.45. The van der Waals surface area contributed by atoms with Crippen LogP contribution in [-0.2, 0) is 18.4 Å². The number of aliphatic hydroxyl groups is 1. The van der Waals surface area contributed by atoms with E-state index in [0.717, 1.165) is 10.9 Å². The number of benzene rings is 1. The van der Waals surface area contributed by atoms with Gasteiger partial charge >= 0.3 is 0 Å². The molecule has 0 fully saturated rings. The molecule has 1 aliphatic rings. The Balaban J connectivity index is 1.97. The van der Waals surface area contributed by atoms with Gasteiger partial charge in [0.05, 0.1) is 6.26 Å². The van der Waals surface area contributed by atoms with Crippen LogP contribution in [0.3, 0.4) is 0 Å². The van der Waals surface area contributed by atoms with Crippen molar-refractivity contribution in [2.24, 2.45) is 0 Å². The molecule has 1 heterocycles. The van der Waals surface area contributed by atoms with Crippen LogP contribution in [-0.4, -0.2) is 5.11 Å². The molecule has 1 aliphatic carbocycles. The fourth-order valence-corrected chi connectivity index (χ4v) is 2.91. The van der Waals surface area contributed by atoms with Crippen molar-refractivity contribution in [1.82, 2.24) is 0 Å². The Morgan fingerprint density at radius 1 is 1.24 bits per heavy atom. The largest absolute Gasteiger partial charge is 0.466 e. The highest BCUT2D eigenvalue weighted by Crippen LogP contribution is 2.37. The fourth-order valence-electron chi connectivity index (χ4n) is 2.50. The lowest BCUT2D eigenvalue weighted by Crippen LogP contribution is -2.32. The van der Waals surface area contributed by atoms with Gasteiger partial charge in [-0.1, -0.05) is 22.0 Å². The van der Waals surface area contributed by atoms with Gasteiger partial charge in [0.2, 0.25) is 0 Å². The Morgan fingerprint density at radius 3 is 2.88 bits per heavy atom. The van der Waals surface area contributed by atoms with Crippen LogP contribution >= 0.6 is 15.9 Å². The molecule has 1 aromatic carbocycles. The Hall–Kier alpha value is -1.06. The summed E-state index contributed by atoms with van der Waals surface area (Å²) in [7, 11) is 0. The van der Waals surface area contributed by atoms with Crippen LogP contribution in [0.2, 0.25) is 0 Å². The van der Waals surface area contributed by atoms with Gasteiger partial charge in [-0.15, -0.1) is 0 Å². The average Bonchev–Trinajstić information content (AvgIpc) is 2.84. The second-order valence-corrected chi connectivity index (χ2v) is 5.51. The van der Waals surface area contributed by atoms with Crippen molar-refractivity contribution in [3.63, 3.8) is 0 Å². The SMILES string of the molecule is OC1(c2ccco2)CCc2cc(Br)ccc2C1. The summed E-state index contributed by atoms with van der Waals surface area (Å²) in [4.78, 5) is 0. The van der Waals surface area contributed by atoms with Crippen molar-refractivity contribution >= 4 is 15.9 Å². The maximum absolute atomic E-state index is 10.6. The van der Waals surface area contributed by atoms with Crippen LogP contribution in [0.25, 0.3) is 0 Å². The summed E-state index contributed by atoms with van der Waals surface area (Å²) in [6.07, 6.45) is 3.84. The minimum Gasteiger partial charge on any atom is -0.466 e. The molecular formula is C14H13BrO2. The van der Waals surface area contributed by atoms with Crippen molar-refractivity contribution < 1.29 is 9.52 Å². The van der Waals surface area contributed by atoms with Crippen molar-refractivity contribution in [3.05, 3.63) is 58.0 Å². The minimum absolute atomic E-state index is 0.628. The van der Waals surface area contributed by atoms with Crippen LogP contribution in [0.15, 0.2) is 45.5 Å². The van der Waals surface area contributed by atoms with Gasteiger partial charge in [0.1, 0.15) is 11.4 Å². The van der Waals surface area contributed by atoms with E-state index in [2.05, 4.69) is 28.1 Å². The summed E-state index contributed by atoms with van der Waals surface area (Å²) in [6.45, 7) is 0. The number of hydrogen-bond acceptors (Lipinski definition) is 2. The van der Waals surface area contributed by atoms with Crippen molar-refractivity contribution in [2.75, 3.05) is 0 Å².